The maximum atomic E-state index is 12.7. The third-order valence-corrected chi connectivity index (χ3v) is 2.63. The summed E-state index contributed by atoms with van der Waals surface area (Å²) in [5, 5.41) is 0. The van der Waals surface area contributed by atoms with Crippen molar-refractivity contribution in [2.24, 2.45) is 0 Å². The summed E-state index contributed by atoms with van der Waals surface area (Å²) >= 11 is 0. The number of rotatable bonds is 3. The van der Waals surface area contributed by atoms with E-state index in [0.717, 1.165) is 5.56 Å². The van der Waals surface area contributed by atoms with E-state index < -0.39 is 5.97 Å². The lowest BCUT2D eigenvalue weighted by atomic mass is 10.1. The molecule has 0 saturated heterocycles. The predicted molar refractivity (Wildman–Crippen MR) is 66.7 cm³/mol. The number of carbonyl (C=O) groups excluding carboxylic acids is 1. The SMILES string of the molecule is CC(OC(=O)c1ccc(F)cc1)c1ccccc1. The van der Waals surface area contributed by atoms with Crippen LogP contribution in [-0.2, 0) is 4.74 Å². The summed E-state index contributed by atoms with van der Waals surface area (Å²) in [5.41, 5.74) is 1.27. The van der Waals surface area contributed by atoms with E-state index in [4.69, 9.17) is 4.74 Å². The van der Waals surface area contributed by atoms with E-state index in [1.807, 2.05) is 30.3 Å². The highest BCUT2D eigenvalue weighted by Gasteiger charge is 2.13. The van der Waals surface area contributed by atoms with Gasteiger partial charge in [0, 0.05) is 0 Å². The number of benzene rings is 2. The number of ether oxygens (including phenoxy) is 1. The molecular weight excluding hydrogens is 231 g/mol. The van der Waals surface area contributed by atoms with E-state index in [9.17, 15) is 9.18 Å². The monoisotopic (exact) mass is 244 g/mol. The minimum Gasteiger partial charge on any atom is -0.454 e. The Hall–Kier alpha value is -2.16. The summed E-state index contributed by atoms with van der Waals surface area (Å²) in [6.07, 6.45) is -0.330. The van der Waals surface area contributed by atoms with Crippen molar-refractivity contribution in [3.63, 3.8) is 0 Å². The second kappa shape index (κ2) is 5.45. The fraction of sp³-hybridized carbons (Fsp3) is 0.133. The molecule has 0 spiro atoms. The van der Waals surface area contributed by atoms with Crippen molar-refractivity contribution in [2.75, 3.05) is 0 Å². The topological polar surface area (TPSA) is 26.3 Å². The molecule has 2 nitrogen and oxygen atoms in total. The van der Waals surface area contributed by atoms with Crippen LogP contribution in [0.2, 0.25) is 0 Å². The number of halogens is 1. The Labute approximate surface area is 105 Å². The van der Waals surface area contributed by atoms with Gasteiger partial charge in [-0.05, 0) is 36.8 Å². The molecule has 92 valence electrons. The van der Waals surface area contributed by atoms with Crippen molar-refractivity contribution in [1.82, 2.24) is 0 Å². The molecule has 0 bridgehead atoms. The van der Waals surface area contributed by atoms with Gasteiger partial charge >= 0.3 is 5.97 Å². The summed E-state index contributed by atoms with van der Waals surface area (Å²) in [7, 11) is 0. The molecule has 0 heterocycles. The van der Waals surface area contributed by atoms with Gasteiger partial charge in [-0.15, -0.1) is 0 Å². The molecule has 0 fully saturated rings. The van der Waals surface area contributed by atoms with Crippen molar-refractivity contribution >= 4 is 5.97 Å². The van der Waals surface area contributed by atoms with Gasteiger partial charge in [-0.3, -0.25) is 0 Å². The number of esters is 1. The van der Waals surface area contributed by atoms with Crippen LogP contribution < -0.4 is 0 Å². The minimum atomic E-state index is -0.452. The Bertz CT molecular complexity index is 520. The van der Waals surface area contributed by atoms with E-state index in [0.29, 0.717) is 5.56 Å². The zero-order chi connectivity index (χ0) is 13.0. The van der Waals surface area contributed by atoms with Crippen LogP contribution in [0.25, 0.3) is 0 Å². The van der Waals surface area contributed by atoms with E-state index in [-0.39, 0.29) is 11.9 Å². The molecule has 0 saturated carbocycles. The fourth-order valence-corrected chi connectivity index (χ4v) is 1.61. The fourth-order valence-electron chi connectivity index (χ4n) is 1.61. The van der Waals surface area contributed by atoms with Crippen LogP contribution in [0.3, 0.4) is 0 Å². The zero-order valence-electron chi connectivity index (χ0n) is 9.97. The second-order valence-electron chi connectivity index (χ2n) is 3.97. The van der Waals surface area contributed by atoms with Gasteiger partial charge in [0.2, 0.25) is 0 Å². The summed E-state index contributed by atoms with van der Waals surface area (Å²) in [6.45, 7) is 1.80. The molecule has 2 rings (SSSR count). The standard InChI is InChI=1S/C15H13FO2/c1-11(12-5-3-2-4-6-12)18-15(17)13-7-9-14(16)10-8-13/h2-11H,1H3. The van der Waals surface area contributed by atoms with Crippen LogP contribution in [0.5, 0.6) is 0 Å². The van der Waals surface area contributed by atoms with Gasteiger partial charge in [0.1, 0.15) is 11.9 Å². The molecule has 0 aliphatic heterocycles. The lowest BCUT2D eigenvalue weighted by Gasteiger charge is -2.13. The second-order valence-corrected chi connectivity index (χ2v) is 3.97. The normalized spacial score (nSPS) is 11.9. The predicted octanol–water partition coefficient (Wildman–Crippen LogP) is 3.74. The van der Waals surface area contributed by atoms with Crippen molar-refractivity contribution in [3.05, 3.63) is 71.5 Å². The molecule has 0 radical (unpaired) electrons. The maximum Gasteiger partial charge on any atom is 0.338 e. The van der Waals surface area contributed by atoms with Crippen LogP contribution >= 0.6 is 0 Å². The minimum absolute atomic E-state index is 0.330. The highest BCUT2D eigenvalue weighted by Crippen LogP contribution is 2.18. The number of carbonyl (C=O) groups is 1. The van der Waals surface area contributed by atoms with Crippen LogP contribution in [0.4, 0.5) is 4.39 Å². The first kappa shape index (κ1) is 12.3. The van der Waals surface area contributed by atoms with Gasteiger partial charge in [0.15, 0.2) is 0 Å². The van der Waals surface area contributed by atoms with Gasteiger partial charge in [-0.1, -0.05) is 30.3 Å². The lowest BCUT2D eigenvalue weighted by molar-refractivity contribution is 0.0338. The zero-order valence-corrected chi connectivity index (χ0v) is 9.97. The van der Waals surface area contributed by atoms with Crippen molar-refractivity contribution in [3.8, 4) is 0 Å². The summed E-state index contributed by atoms with van der Waals surface area (Å²) in [6, 6.07) is 14.8. The van der Waals surface area contributed by atoms with E-state index in [1.54, 1.807) is 6.92 Å². The number of hydrogen-bond acceptors (Lipinski definition) is 2. The third kappa shape index (κ3) is 2.94. The molecule has 3 heteroatoms. The van der Waals surface area contributed by atoms with Gasteiger partial charge in [-0.2, -0.15) is 0 Å². The van der Waals surface area contributed by atoms with Crippen LogP contribution in [0.1, 0.15) is 28.9 Å². The van der Waals surface area contributed by atoms with E-state index in [2.05, 4.69) is 0 Å². The molecule has 2 aromatic rings. The smallest absolute Gasteiger partial charge is 0.338 e. The average Bonchev–Trinajstić information content (AvgIpc) is 2.40. The van der Waals surface area contributed by atoms with Crippen molar-refractivity contribution in [2.45, 2.75) is 13.0 Å². The quantitative estimate of drug-likeness (QED) is 0.769. The largest absolute Gasteiger partial charge is 0.454 e. The Morgan fingerprint density at radius 1 is 1.06 bits per heavy atom. The molecule has 2 aromatic carbocycles. The Morgan fingerprint density at radius 3 is 2.28 bits per heavy atom. The van der Waals surface area contributed by atoms with Gasteiger partial charge < -0.3 is 4.74 Å². The first-order chi connectivity index (χ1) is 8.66. The van der Waals surface area contributed by atoms with Crippen LogP contribution in [-0.4, -0.2) is 5.97 Å². The summed E-state index contributed by atoms with van der Waals surface area (Å²) in [4.78, 5) is 11.8. The van der Waals surface area contributed by atoms with E-state index >= 15 is 0 Å². The van der Waals surface area contributed by atoms with E-state index in [1.165, 1.54) is 24.3 Å². The summed E-state index contributed by atoms with van der Waals surface area (Å²) < 4.78 is 18.0. The molecule has 0 N–H and O–H groups in total. The first-order valence-electron chi connectivity index (χ1n) is 5.68. The highest BCUT2D eigenvalue weighted by atomic mass is 19.1. The lowest BCUT2D eigenvalue weighted by Crippen LogP contribution is -2.09. The van der Waals surface area contributed by atoms with Crippen LogP contribution in [0.15, 0.2) is 54.6 Å². The van der Waals surface area contributed by atoms with Gasteiger partial charge in [0.25, 0.3) is 0 Å². The number of hydrogen-bond donors (Lipinski definition) is 0. The van der Waals surface area contributed by atoms with Gasteiger partial charge in [0.05, 0.1) is 5.56 Å². The molecule has 1 unspecified atom stereocenters. The Morgan fingerprint density at radius 2 is 1.67 bits per heavy atom. The molecule has 1 atom stereocenters. The average molecular weight is 244 g/mol. The van der Waals surface area contributed by atoms with Crippen molar-refractivity contribution < 1.29 is 13.9 Å². The van der Waals surface area contributed by atoms with Crippen molar-refractivity contribution in [1.29, 1.82) is 0 Å². The maximum absolute atomic E-state index is 12.7. The Kier molecular flexibility index (Phi) is 3.72. The molecule has 18 heavy (non-hydrogen) atoms. The molecular formula is C15H13FO2. The third-order valence-electron chi connectivity index (χ3n) is 2.63. The summed E-state index contributed by atoms with van der Waals surface area (Å²) in [5.74, 6) is -0.825. The van der Waals surface area contributed by atoms with Crippen LogP contribution in [0, 0.1) is 5.82 Å². The highest BCUT2D eigenvalue weighted by molar-refractivity contribution is 5.89. The molecule has 0 amide bonds. The Balaban J connectivity index is 2.06. The molecule has 0 aliphatic rings. The molecule has 0 aromatic heterocycles. The first-order valence-corrected chi connectivity index (χ1v) is 5.68. The molecule has 0 aliphatic carbocycles. The van der Waals surface area contributed by atoms with Gasteiger partial charge in [-0.25, -0.2) is 9.18 Å².